The topological polar surface area (TPSA) is 75.6 Å². The average Bonchev–Trinajstić information content (AvgIpc) is 2.69. The molecule has 150 valence electrons. The van der Waals surface area contributed by atoms with Crippen molar-refractivity contribution in [3.05, 3.63) is 53.3 Å². The van der Waals surface area contributed by atoms with E-state index in [4.69, 9.17) is 9.72 Å². The summed E-state index contributed by atoms with van der Waals surface area (Å²) in [5.41, 5.74) is 2.33. The molecule has 3 heterocycles. The Bertz CT molecular complexity index is 939. The fraction of sp³-hybridized carbons (Fsp3) is 0.500. The Hall–Kier alpha value is -2.03. The van der Waals surface area contributed by atoms with E-state index < -0.39 is 15.6 Å². The van der Waals surface area contributed by atoms with Crippen LogP contribution < -0.4 is 4.90 Å². The lowest BCUT2D eigenvalue weighted by Gasteiger charge is -2.43. The van der Waals surface area contributed by atoms with E-state index in [1.165, 1.54) is 0 Å². The molecule has 0 radical (unpaired) electrons. The van der Waals surface area contributed by atoms with E-state index in [0.717, 1.165) is 23.2 Å². The second kappa shape index (κ2) is 7.42. The van der Waals surface area contributed by atoms with Crippen molar-refractivity contribution >= 4 is 16.0 Å². The van der Waals surface area contributed by atoms with Gasteiger partial charge in [-0.15, -0.1) is 0 Å². The number of hydrogen-bond donors (Lipinski definition) is 0. The first-order valence-electron chi connectivity index (χ1n) is 9.59. The molecule has 0 bridgehead atoms. The van der Waals surface area contributed by atoms with E-state index in [1.807, 2.05) is 55.5 Å². The minimum absolute atomic E-state index is 0.0330. The van der Waals surface area contributed by atoms with Crippen LogP contribution in [0.1, 0.15) is 29.7 Å². The number of aromatic nitrogens is 2. The van der Waals surface area contributed by atoms with Crippen molar-refractivity contribution in [2.24, 2.45) is 0 Å². The fourth-order valence-corrected chi connectivity index (χ4v) is 5.53. The maximum Gasteiger partial charge on any atom is 0.225 e. The summed E-state index contributed by atoms with van der Waals surface area (Å²) in [5, 5.41) is 0. The molecule has 1 aromatic carbocycles. The molecule has 1 spiro atoms. The van der Waals surface area contributed by atoms with Gasteiger partial charge in [-0.3, -0.25) is 0 Å². The number of rotatable bonds is 4. The standard InChI is InChI=1S/C20H26N4O3S/c1-23(2)19-21-14-17-8-13-27-20(18(17)22-19)9-11-24(12-10-20)28(25,26)15-16-6-4-3-5-7-16/h3-7,14H,8-13,15H2,1-2H3. The molecule has 2 aliphatic rings. The van der Waals surface area contributed by atoms with E-state index in [-0.39, 0.29) is 5.75 Å². The highest BCUT2D eigenvalue weighted by Gasteiger charge is 2.44. The fourth-order valence-electron chi connectivity index (χ4n) is 4.00. The molecular weight excluding hydrogens is 376 g/mol. The molecule has 8 heteroatoms. The summed E-state index contributed by atoms with van der Waals surface area (Å²) >= 11 is 0. The number of ether oxygens (including phenoxy) is 1. The molecule has 0 aliphatic carbocycles. The zero-order valence-corrected chi connectivity index (χ0v) is 17.2. The normalized spacial score (nSPS) is 19.4. The average molecular weight is 403 g/mol. The van der Waals surface area contributed by atoms with Crippen LogP contribution in [0.5, 0.6) is 0 Å². The predicted molar refractivity (Wildman–Crippen MR) is 108 cm³/mol. The molecule has 1 saturated heterocycles. The summed E-state index contributed by atoms with van der Waals surface area (Å²) in [4.78, 5) is 11.1. The van der Waals surface area contributed by atoms with Gasteiger partial charge in [-0.2, -0.15) is 0 Å². The molecule has 28 heavy (non-hydrogen) atoms. The van der Waals surface area contributed by atoms with Gasteiger partial charge in [-0.1, -0.05) is 30.3 Å². The zero-order valence-electron chi connectivity index (χ0n) is 16.3. The molecule has 2 aromatic rings. The summed E-state index contributed by atoms with van der Waals surface area (Å²) < 4.78 is 33.5. The van der Waals surface area contributed by atoms with Gasteiger partial charge in [-0.05, 0) is 30.4 Å². The van der Waals surface area contributed by atoms with Crippen LogP contribution in [0.25, 0.3) is 0 Å². The van der Waals surface area contributed by atoms with E-state index in [2.05, 4.69) is 4.98 Å². The summed E-state index contributed by atoms with van der Waals surface area (Å²) in [6, 6.07) is 9.32. The highest BCUT2D eigenvalue weighted by atomic mass is 32.2. The highest BCUT2D eigenvalue weighted by molar-refractivity contribution is 7.88. The van der Waals surface area contributed by atoms with Crippen molar-refractivity contribution in [3.63, 3.8) is 0 Å². The molecule has 0 saturated carbocycles. The lowest BCUT2D eigenvalue weighted by atomic mass is 9.84. The number of hydrogen-bond acceptors (Lipinski definition) is 6. The SMILES string of the molecule is CN(C)c1ncc2c(n1)C1(CCN(S(=O)(=O)Cc3ccccc3)CC1)OCC2. The number of fused-ring (bicyclic) bond motifs is 2. The Balaban J connectivity index is 1.54. The lowest BCUT2D eigenvalue weighted by molar-refractivity contribution is -0.0925. The Kier molecular flexibility index (Phi) is 5.11. The van der Waals surface area contributed by atoms with E-state index in [0.29, 0.717) is 38.5 Å². The van der Waals surface area contributed by atoms with Crippen molar-refractivity contribution in [2.75, 3.05) is 38.7 Å². The molecule has 2 aliphatic heterocycles. The largest absolute Gasteiger partial charge is 0.368 e. The zero-order chi connectivity index (χ0) is 19.8. The van der Waals surface area contributed by atoms with Crippen molar-refractivity contribution in [3.8, 4) is 0 Å². The van der Waals surface area contributed by atoms with Gasteiger partial charge in [0.2, 0.25) is 16.0 Å². The predicted octanol–water partition coefficient (Wildman–Crippen LogP) is 1.94. The first-order chi connectivity index (χ1) is 13.4. The quantitative estimate of drug-likeness (QED) is 0.778. The minimum Gasteiger partial charge on any atom is -0.368 e. The number of piperidine rings is 1. The van der Waals surface area contributed by atoms with Crippen LogP contribution in [-0.2, 0) is 32.5 Å². The van der Waals surface area contributed by atoms with Crippen molar-refractivity contribution in [1.82, 2.24) is 14.3 Å². The summed E-state index contributed by atoms with van der Waals surface area (Å²) in [6.45, 7) is 1.50. The van der Waals surface area contributed by atoms with Gasteiger partial charge in [0.05, 0.1) is 18.1 Å². The lowest BCUT2D eigenvalue weighted by Crippen LogP contribution is -2.49. The Morgan fingerprint density at radius 2 is 1.89 bits per heavy atom. The molecule has 7 nitrogen and oxygen atoms in total. The third-order valence-electron chi connectivity index (χ3n) is 5.55. The Morgan fingerprint density at radius 3 is 2.57 bits per heavy atom. The second-order valence-corrected chi connectivity index (χ2v) is 9.64. The Morgan fingerprint density at radius 1 is 1.18 bits per heavy atom. The van der Waals surface area contributed by atoms with Gasteiger partial charge < -0.3 is 9.64 Å². The number of anilines is 1. The molecule has 1 aromatic heterocycles. The van der Waals surface area contributed by atoms with E-state index in [9.17, 15) is 8.42 Å². The number of nitrogens with zero attached hydrogens (tertiary/aromatic N) is 4. The van der Waals surface area contributed by atoms with E-state index >= 15 is 0 Å². The van der Waals surface area contributed by atoms with E-state index in [1.54, 1.807) is 4.31 Å². The highest BCUT2D eigenvalue weighted by Crippen LogP contribution is 2.41. The number of sulfonamides is 1. The Labute approximate surface area is 166 Å². The van der Waals surface area contributed by atoms with Crippen molar-refractivity contribution in [1.29, 1.82) is 0 Å². The molecular formula is C20H26N4O3S. The van der Waals surface area contributed by atoms with Gasteiger partial charge in [0.25, 0.3) is 0 Å². The summed E-state index contributed by atoms with van der Waals surface area (Å²) in [5.74, 6) is 0.688. The van der Waals surface area contributed by atoms with Gasteiger partial charge in [-0.25, -0.2) is 22.7 Å². The van der Waals surface area contributed by atoms with Gasteiger partial charge in [0.15, 0.2) is 0 Å². The van der Waals surface area contributed by atoms with Gasteiger partial charge >= 0.3 is 0 Å². The van der Waals surface area contributed by atoms with Crippen LogP contribution in [0.15, 0.2) is 36.5 Å². The van der Waals surface area contributed by atoms with Crippen LogP contribution in [0.2, 0.25) is 0 Å². The first kappa shape index (κ1) is 19.3. The molecule has 1 fully saturated rings. The van der Waals surface area contributed by atoms with Crippen molar-refractivity contribution < 1.29 is 13.2 Å². The molecule has 0 unspecified atom stereocenters. The first-order valence-corrected chi connectivity index (χ1v) is 11.2. The molecule has 0 amide bonds. The van der Waals surface area contributed by atoms with Crippen LogP contribution in [-0.4, -0.2) is 56.5 Å². The summed E-state index contributed by atoms with van der Waals surface area (Å²) in [6.07, 6.45) is 3.90. The minimum atomic E-state index is -3.35. The monoisotopic (exact) mass is 402 g/mol. The maximum atomic E-state index is 12.9. The molecule has 4 rings (SSSR count). The van der Waals surface area contributed by atoms with Gasteiger partial charge in [0.1, 0.15) is 5.60 Å². The molecule has 0 atom stereocenters. The van der Waals surface area contributed by atoms with Crippen LogP contribution in [0, 0.1) is 0 Å². The maximum absolute atomic E-state index is 12.9. The second-order valence-electron chi connectivity index (χ2n) is 7.67. The van der Waals surface area contributed by atoms with Crippen LogP contribution >= 0.6 is 0 Å². The number of benzene rings is 1. The summed E-state index contributed by atoms with van der Waals surface area (Å²) in [7, 11) is 0.473. The third kappa shape index (κ3) is 3.64. The molecule has 0 N–H and O–H groups in total. The van der Waals surface area contributed by atoms with Crippen LogP contribution in [0.3, 0.4) is 0 Å². The smallest absolute Gasteiger partial charge is 0.225 e. The van der Waals surface area contributed by atoms with Crippen molar-refractivity contribution in [2.45, 2.75) is 30.6 Å². The third-order valence-corrected chi connectivity index (χ3v) is 7.40. The van der Waals surface area contributed by atoms with Gasteiger partial charge in [0, 0.05) is 33.4 Å². The van der Waals surface area contributed by atoms with Crippen LogP contribution in [0.4, 0.5) is 5.95 Å².